The zero-order chi connectivity index (χ0) is 11.5. The highest BCUT2D eigenvalue weighted by Gasteiger charge is 2.10. The Hall–Kier alpha value is -2.31. The van der Waals surface area contributed by atoms with Gasteiger partial charge in [-0.05, 0) is 6.07 Å². The van der Waals surface area contributed by atoms with E-state index in [0.29, 0.717) is 11.3 Å². The molecule has 0 aromatic carbocycles. The number of alkyl halides is 1. The SMILES string of the molecule is Nc1nc(N)nc(-c2ncccc2CF)n1. The third kappa shape index (κ3) is 1.88. The van der Waals surface area contributed by atoms with E-state index in [2.05, 4.69) is 19.9 Å². The molecule has 0 atom stereocenters. The van der Waals surface area contributed by atoms with Crippen molar-refractivity contribution >= 4 is 11.9 Å². The van der Waals surface area contributed by atoms with Gasteiger partial charge >= 0.3 is 0 Å². The lowest BCUT2D eigenvalue weighted by Gasteiger charge is -2.04. The lowest BCUT2D eigenvalue weighted by Crippen LogP contribution is -2.05. The third-order valence-electron chi connectivity index (χ3n) is 1.92. The quantitative estimate of drug-likeness (QED) is 0.766. The molecule has 4 N–H and O–H groups in total. The van der Waals surface area contributed by atoms with Crippen LogP contribution in [-0.2, 0) is 6.67 Å². The molecule has 0 bridgehead atoms. The van der Waals surface area contributed by atoms with E-state index in [1.807, 2.05) is 0 Å². The third-order valence-corrected chi connectivity index (χ3v) is 1.92. The number of nitrogens with two attached hydrogens (primary N) is 2. The first kappa shape index (κ1) is 10.2. The molecule has 2 aromatic heterocycles. The smallest absolute Gasteiger partial charge is 0.225 e. The Labute approximate surface area is 90.6 Å². The van der Waals surface area contributed by atoms with Crippen LogP contribution in [0.2, 0.25) is 0 Å². The number of anilines is 2. The fraction of sp³-hybridized carbons (Fsp3) is 0.111. The first-order chi connectivity index (χ1) is 7.70. The Bertz CT molecular complexity index is 495. The minimum Gasteiger partial charge on any atom is -0.368 e. The fourth-order valence-corrected chi connectivity index (χ4v) is 1.26. The zero-order valence-electron chi connectivity index (χ0n) is 8.26. The van der Waals surface area contributed by atoms with E-state index < -0.39 is 6.67 Å². The van der Waals surface area contributed by atoms with Crippen molar-refractivity contribution in [2.45, 2.75) is 6.67 Å². The highest BCUT2D eigenvalue weighted by molar-refractivity contribution is 5.56. The minimum atomic E-state index is -0.658. The van der Waals surface area contributed by atoms with Gasteiger partial charge in [0, 0.05) is 11.8 Å². The summed E-state index contributed by atoms with van der Waals surface area (Å²) in [4.78, 5) is 15.3. The Balaban J connectivity index is 2.58. The summed E-state index contributed by atoms with van der Waals surface area (Å²) in [5, 5.41) is 0. The molecule has 0 unspecified atom stereocenters. The second kappa shape index (κ2) is 4.05. The summed E-state index contributed by atoms with van der Waals surface area (Å²) in [6, 6.07) is 3.23. The molecule has 7 heteroatoms. The molecule has 0 aliphatic heterocycles. The van der Waals surface area contributed by atoms with Crippen LogP contribution >= 0.6 is 0 Å². The molecule has 0 aliphatic carbocycles. The van der Waals surface area contributed by atoms with Gasteiger partial charge in [-0.2, -0.15) is 15.0 Å². The lowest BCUT2D eigenvalue weighted by atomic mass is 10.2. The fourth-order valence-electron chi connectivity index (χ4n) is 1.26. The molecule has 0 saturated heterocycles. The highest BCUT2D eigenvalue weighted by Crippen LogP contribution is 2.18. The number of halogens is 1. The van der Waals surface area contributed by atoms with Crippen molar-refractivity contribution in [3.63, 3.8) is 0 Å². The average molecular weight is 220 g/mol. The van der Waals surface area contributed by atoms with E-state index in [0.717, 1.165) is 0 Å². The summed E-state index contributed by atoms with van der Waals surface area (Å²) in [6.07, 6.45) is 1.52. The van der Waals surface area contributed by atoms with Crippen molar-refractivity contribution in [2.24, 2.45) is 0 Å². The van der Waals surface area contributed by atoms with E-state index in [1.54, 1.807) is 12.1 Å². The first-order valence-electron chi connectivity index (χ1n) is 4.48. The number of hydrogen-bond donors (Lipinski definition) is 2. The van der Waals surface area contributed by atoms with Crippen molar-refractivity contribution in [1.29, 1.82) is 0 Å². The molecule has 0 amide bonds. The standard InChI is InChI=1S/C9H9FN6/c10-4-5-2-1-3-13-6(5)7-14-8(11)16-9(12)15-7/h1-3H,4H2,(H4,11,12,14,15,16). The van der Waals surface area contributed by atoms with Gasteiger partial charge in [0.05, 0.1) is 0 Å². The van der Waals surface area contributed by atoms with Crippen LogP contribution < -0.4 is 11.5 Å². The van der Waals surface area contributed by atoms with Crippen LogP contribution in [0.4, 0.5) is 16.3 Å². The van der Waals surface area contributed by atoms with E-state index in [1.165, 1.54) is 6.20 Å². The van der Waals surface area contributed by atoms with Gasteiger partial charge in [-0.25, -0.2) is 4.39 Å². The van der Waals surface area contributed by atoms with Crippen LogP contribution in [0.5, 0.6) is 0 Å². The van der Waals surface area contributed by atoms with E-state index in [9.17, 15) is 4.39 Å². The molecule has 0 radical (unpaired) electrons. The molecular weight excluding hydrogens is 211 g/mol. The molecule has 82 valence electrons. The largest absolute Gasteiger partial charge is 0.368 e. The van der Waals surface area contributed by atoms with E-state index in [-0.39, 0.29) is 17.7 Å². The van der Waals surface area contributed by atoms with E-state index in [4.69, 9.17) is 11.5 Å². The van der Waals surface area contributed by atoms with Gasteiger partial charge in [-0.15, -0.1) is 0 Å². The Morgan fingerprint density at radius 2 is 1.81 bits per heavy atom. The number of aromatic nitrogens is 4. The summed E-state index contributed by atoms with van der Waals surface area (Å²) in [7, 11) is 0. The van der Waals surface area contributed by atoms with Gasteiger partial charge in [0.1, 0.15) is 12.4 Å². The summed E-state index contributed by atoms with van der Waals surface area (Å²) in [5.74, 6) is 0.147. The number of pyridine rings is 1. The van der Waals surface area contributed by atoms with Crippen molar-refractivity contribution in [3.8, 4) is 11.5 Å². The summed E-state index contributed by atoms with van der Waals surface area (Å²) < 4.78 is 12.7. The molecule has 2 heterocycles. The molecule has 0 fully saturated rings. The number of nitrogen functional groups attached to an aromatic ring is 2. The first-order valence-corrected chi connectivity index (χ1v) is 4.48. The van der Waals surface area contributed by atoms with Gasteiger partial charge < -0.3 is 11.5 Å². The summed E-state index contributed by atoms with van der Waals surface area (Å²) >= 11 is 0. The molecule has 2 rings (SSSR count). The molecule has 16 heavy (non-hydrogen) atoms. The van der Waals surface area contributed by atoms with Gasteiger partial charge in [-0.1, -0.05) is 6.07 Å². The van der Waals surface area contributed by atoms with Gasteiger partial charge in [0.25, 0.3) is 0 Å². The van der Waals surface area contributed by atoms with Crippen molar-refractivity contribution in [3.05, 3.63) is 23.9 Å². The number of rotatable bonds is 2. The monoisotopic (exact) mass is 220 g/mol. The van der Waals surface area contributed by atoms with Gasteiger partial charge in [-0.3, -0.25) is 4.98 Å². The highest BCUT2D eigenvalue weighted by atomic mass is 19.1. The van der Waals surface area contributed by atoms with Crippen LogP contribution in [0.25, 0.3) is 11.5 Å². The molecule has 0 spiro atoms. The number of nitrogens with zero attached hydrogens (tertiary/aromatic N) is 4. The summed E-state index contributed by atoms with van der Waals surface area (Å²) in [5.41, 5.74) is 11.6. The average Bonchev–Trinajstić information content (AvgIpc) is 2.27. The molecule has 6 nitrogen and oxygen atoms in total. The Morgan fingerprint density at radius 1 is 1.12 bits per heavy atom. The molecule has 0 saturated carbocycles. The van der Waals surface area contributed by atoms with Gasteiger partial charge in [0.2, 0.25) is 11.9 Å². The Kier molecular flexibility index (Phi) is 2.59. The maximum Gasteiger partial charge on any atom is 0.225 e. The Morgan fingerprint density at radius 3 is 2.44 bits per heavy atom. The normalized spacial score (nSPS) is 10.3. The van der Waals surface area contributed by atoms with Crippen LogP contribution in [0.3, 0.4) is 0 Å². The number of hydrogen-bond acceptors (Lipinski definition) is 6. The van der Waals surface area contributed by atoms with Crippen molar-refractivity contribution in [2.75, 3.05) is 11.5 Å². The van der Waals surface area contributed by atoms with E-state index >= 15 is 0 Å². The predicted molar refractivity (Wildman–Crippen MR) is 56.7 cm³/mol. The van der Waals surface area contributed by atoms with Crippen molar-refractivity contribution in [1.82, 2.24) is 19.9 Å². The van der Waals surface area contributed by atoms with Crippen LogP contribution in [0.1, 0.15) is 5.56 Å². The van der Waals surface area contributed by atoms with Crippen LogP contribution in [0.15, 0.2) is 18.3 Å². The summed E-state index contributed by atoms with van der Waals surface area (Å²) in [6.45, 7) is -0.658. The maximum absolute atomic E-state index is 12.7. The maximum atomic E-state index is 12.7. The zero-order valence-corrected chi connectivity index (χ0v) is 8.26. The van der Waals surface area contributed by atoms with Crippen molar-refractivity contribution < 1.29 is 4.39 Å². The molecule has 0 aliphatic rings. The second-order valence-corrected chi connectivity index (χ2v) is 3.02. The van der Waals surface area contributed by atoms with Gasteiger partial charge in [0.15, 0.2) is 5.82 Å². The minimum absolute atomic E-state index is 0.0158. The predicted octanol–water partition coefficient (Wildman–Crippen LogP) is 0.567. The molecular formula is C9H9FN6. The topological polar surface area (TPSA) is 104 Å². The second-order valence-electron chi connectivity index (χ2n) is 3.02. The van der Waals surface area contributed by atoms with Crippen LogP contribution in [0, 0.1) is 0 Å². The van der Waals surface area contributed by atoms with Crippen LogP contribution in [-0.4, -0.2) is 19.9 Å². The lowest BCUT2D eigenvalue weighted by molar-refractivity contribution is 0.485. The molecule has 2 aromatic rings.